The molecule has 2 aromatic rings. The fraction of sp³-hybridized carbons (Fsp3) is 0.333. The average Bonchev–Trinajstić information content (AvgIpc) is 2.68. The number of carbonyl (C=O) groups excluding carboxylic acids is 1. The number of carbonyl (C=O) groups is 1. The van der Waals surface area contributed by atoms with E-state index < -0.39 is 5.82 Å². The van der Waals surface area contributed by atoms with Crippen molar-refractivity contribution < 1.29 is 9.18 Å². The van der Waals surface area contributed by atoms with Crippen LogP contribution in [0.4, 0.5) is 4.39 Å². The molecular formula is C21H22FN3O. The van der Waals surface area contributed by atoms with E-state index in [0.717, 1.165) is 37.1 Å². The molecule has 2 aromatic carbocycles. The molecule has 0 unspecified atom stereocenters. The van der Waals surface area contributed by atoms with Crippen LogP contribution in [0.15, 0.2) is 42.5 Å². The maximum Gasteiger partial charge on any atom is 0.253 e. The SMILES string of the molecule is CN(C)[C@@H]1CCCN(C(=O)c2cccc(-c3ccc(F)c(C#N)c3)c2)C1. The summed E-state index contributed by atoms with van der Waals surface area (Å²) >= 11 is 0. The zero-order valence-electron chi connectivity index (χ0n) is 15.1. The Bertz CT molecular complexity index is 857. The van der Waals surface area contributed by atoms with Gasteiger partial charge in [0.1, 0.15) is 11.9 Å². The van der Waals surface area contributed by atoms with Crippen molar-refractivity contribution in [1.82, 2.24) is 9.80 Å². The first-order chi connectivity index (χ1) is 12.5. The van der Waals surface area contributed by atoms with Crippen LogP contribution in [-0.4, -0.2) is 48.9 Å². The van der Waals surface area contributed by atoms with Gasteiger partial charge in [-0.2, -0.15) is 5.26 Å². The van der Waals surface area contributed by atoms with Crippen LogP contribution in [0.1, 0.15) is 28.8 Å². The van der Waals surface area contributed by atoms with E-state index in [1.807, 2.05) is 43.3 Å². The van der Waals surface area contributed by atoms with Gasteiger partial charge in [0.2, 0.25) is 0 Å². The second-order valence-electron chi connectivity index (χ2n) is 6.90. The van der Waals surface area contributed by atoms with Gasteiger partial charge in [-0.15, -0.1) is 0 Å². The number of likely N-dealkylation sites (N-methyl/N-ethyl adjacent to an activating group) is 1. The Labute approximate surface area is 153 Å². The molecule has 26 heavy (non-hydrogen) atoms. The topological polar surface area (TPSA) is 47.3 Å². The number of likely N-dealkylation sites (tertiary alicyclic amines) is 1. The van der Waals surface area contributed by atoms with Crippen molar-refractivity contribution in [2.24, 2.45) is 0 Å². The number of rotatable bonds is 3. The van der Waals surface area contributed by atoms with Gasteiger partial charge in [-0.3, -0.25) is 4.79 Å². The molecule has 4 nitrogen and oxygen atoms in total. The van der Waals surface area contributed by atoms with Crippen LogP contribution in [0.25, 0.3) is 11.1 Å². The molecule has 0 aromatic heterocycles. The lowest BCUT2D eigenvalue weighted by atomic mass is 9.99. The lowest BCUT2D eigenvalue weighted by Gasteiger charge is -2.36. The summed E-state index contributed by atoms with van der Waals surface area (Å²) < 4.78 is 13.6. The standard InChI is InChI=1S/C21H22FN3O/c1-24(2)19-7-4-10-25(14-19)21(26)17-6-3-5-15(11-17)16-8-9-20(22)18(12-16)13-23/h3,5-6,8-9,11-12,19H,4,7,10,14H2,1-2H3/t19-/m1/s1. The van der Waals surface area contributed by atoms with E-state index in [4.69, 9.17) is 5.26 Å². The maximum absolute atomic E-state index is 13.6. The molecule has 0 aliphatic carbocycles. The van der Waals surface area contributed by atoms with E-state index in [0.29, 0.717) is 11.6 Å². The number of amides is 1. The first kappa shape index (κ1) is 18.1. The van der Waals surface area contributed by atoms with E-state index in [-0.39, 0.29) is 11.5 Å². The van der Waals surface area contributed by atoms with Crippen LogP contribution in [0.5, 0.6) is 0 Å². The molecule has 0 radical (unpaired) electrons. The van der Waals surface area contributed by atoms with Crippen molar-refractivity contribution in [3.05, 3.63) is 59.4 Å². The molecule has 1 saturated heterocycles. The molecule has 0 bridgehead atoms. The number of benzene rings is 2. The maximum atomic E-state index is 13.6. The molecule has 0 spiro atoms. The summed E-state index contributed by atoms with van der Waals surface area (Å²) in [6.45, 7) is 1.49. The highest BCUT2D eigenvalue weighted by atomic mass is 19.1. The van der Waals surface area contributed by atoms with E-state index in [1.54, 1.807) is 12.1 Å². The van der Waals surface area contributed by atoms with Crippen molar-refractivity contribution in [1.29, 1.82) is 5.26 Å². The van der Waals surface area contributed by atoms with Gasteiger partial charge in [-0.1, -0.05) is 18.2 Å². The monoisotopic (exact) mass is 351 g/mol. The molecule has 0 N–H and O–H groups in total. The summed E-state index contributed by atoms with van der Waals surface area (Å²) in [6.07, 6.45) is 2.10. The molecule has 1 aliphatic heterocycles. The van der Waals surface area contributed by atoms with E-state index in [9.17, 15) is 9.18 Å². The third-order valence-corrected chi connectivity index (χ3v) is 4.94. The third kappa shape index (κ3) is 3.76. The summed E-state index contributed by atoms with van der Waals surface area (Å²) in [5, 5.41) is 9.02. The number of hydrogen-bond acceptors (Lipinski definition) is 3. The van der Waals surface area contributed by atoms with Gasteiger partial charge < -0.3 is 9.80 Å². The van der Waals surface area contributed by atoms with Gasteiger partial charge in [0.05, 0.1) is 5.56 Å². The van der Waals surface area contributed by atoms with Crippen molar-refractivity contribution in [2.45, 2.75) is 18.9 Å². The van der Waals surface area contributed by atoms with Crippen LogP contribution >= 0.6 is 0 Å². The predicted octanol–water partition coefficient (Wildman–Crippen LogP) is 3.53. The Morgan fingerprint density at radius 2 is 2.00 bits per heavy atom. The van der Waals surface area contributed by atoms with E-state index >= 15 is 0 Å². The van der Waals surface area contributed by atoms with E-state index in [1.165, 1.54) is 12.1 Å². The summed E-state index contributed by atoms with van der Waals surface area (Å²) in [5.74, 6) is -0.521. The van der Waals surface area contributed by atoms with Gasteiger partial charge in [-0.05, 0) is 62.3 Å². The highest BCUT2D eigenvalue weighted by Crippen LogP contribution is 2.24. The molecule has 1 heterocycles. The molecule has 5 heteroatoms. The Morgan fingerprint density at radius 3 is 2.73 bits per heavy atom. The summed E-state index contributed by atoms with van der Waals surface area (Å²) in [5.41, 5.74) is 2.14. The van der Waals surface area contributed by atoms with Crippen molar-refractivity contribution in [2.75, 3.05) is 27.2 Å². The zero-order chi connectivity index (χ0) is 18.7. The summed E-state index contributed by atoms with van der Waals surface area (Å²) in [4.78, 5) is 17.0. The third-order valence-electron chi connectivity index (χ3n) is 4.94. The lowest BCUT2D eigenvalue weighted by molar-refractivity contribution is 0.0635. The van der Waals surface area contributed by atoms with Crippen LogP contribution < -0.4 is 0 Å². The van der Waals surface area contributed by atoms with Gasteiger partial charge in [0, 0.05) is 24.7 Å². The quantitative estimate of drug-likeness (QED) is 0.850. The van der Waals surface area contributed by atoms with Crippen LogP contribution in [0, 0.1) is 17.1 Å². The van der Waals surface area contributed by atoms with Gasteiger partial charge in [-0.25, -0.2) is 4.39 Å². The Hall–Kier alpha value is -2.71. The molecule has 3 rings (SSSR count). The molecule has 0 saturated carbocycles. The Balaban J connectivity index is 1.85. The molecule has 1 amide bonds. The Kier molecular flexibility index (Phi) is 5.34. The van der Waals surface area contributed by atoms with Crippen molar-refractivity contribution in [3.63, 3.8) is 0 Å². The smallest absolute Gasteiger partial charge is 0.253 e. The number of nitriles is 1. The Morgan fingerprint density at radius 1 is 1.23 bits per heavy atom. The number of hydrogen-bond donors (Lipinski definition) is 0. The highest BCUT2D eigenvalue weighted by molar-refractivity contribution is 5.95. The molecule has 1 aliphatic rings. The van der Waals surface area contributed by atoms with Crippen LogP contribution in [0.3, 0.4) is 0 Å². The number of nitrogens with zero attached hydrogens (tertiary/aromatic N) is 3. The van der Waals surface area contributed by atoms with E-state index in [2.05, 4.69) is 4.90 Å². The van der Waals surface area contributed by atoms with Gasteiger partial charge >= 0.3 is 0 Å². The zero-order valence-corrected chi connectivity index (χ0v) is 15.1. The minimum Gasteiger partial charge on any atom is -0.337 e. The largest absolute Gasteiger partial charge is 0.337 e. The molecule has 1 atom stereocenters. The fourth-order valence-corrected chi connectivity index (χ4v) is 3.37. The van der Waals surface area contributed by atoms with Gasteiger partial charge in [0.25, 0.3) is 5.91 Å². The normalized spacial score (nSPS) is 17.2. The average molecular weight is 351 g/mol. The molecule has 1 fully saturated rings. The number of piperidine rings is 1. The second kappa shape index (κ2) is 7.67. The minimum atomic E-state index is -0.536. The van der Waals surface area contributed by atoms with Crippen molar-refractivity contribution in [3.8, 4) is 17.2 Å². The summed E-state index contributed by atoms with van der Waals surface area (Å²) in [7, 11) is 4.08. The first-order valence-electron chi connectivity index (χ1n) is 8.75. The molecular weight excluding hydrogens is 329 g/mol. The van der Waals surface area contributed by atoms with Crippen LogP contribution in [0.2, 0.25) is 0 Å². The summed E-state index contributed by atoms with van der Waals surface area (Å²) in [6, 6.07) is 14.0. The minimum absolute atomic E-state index is 0.00378. The second-order valence-corrected chi connectivity index (χ2v) is 6.90. The molecule has 134 valence electrons. The predicted molar refractivity (Wildman–Crippen MR) is 99.2 cm³/mol. The van der Waals surface area contributed by atoms with Crippen LogP contribution in [-0.2, 0) is 0 Å². The van der Waals surface area contributed by atoms with Crippen molar-refractivity contribution >= 4 is 5.91 Å². The number of halogens is 1. The highest BCUT2D eigenvalue weighted by Gasteiger charge is 2.25. The fourth-order valence-electron chi connectivity index (χ4n) is 3.37. The first-order valence-corrected chi connectivity index (χ1v) is 8.75. The van der Waals surface area contributed by atoms with Gasteiger partial charge in [0.15, 0.2) is 0 Å². The lowest BCUT2D eigenvalue weighted by Crippen LogP contribution is -2.47.